The van der Waals surface area contributed by atoms with Crippen LogP contribution in [0, 0.1) is 17.0 Å². The van der Waals surface area contributed by atoms with E-state index in [2.05, 4.69) is 4.98 Å². The molecule has 6 nitrogen and oxygen atoms in total. The van der Waals surface area contributed by atoms with Crippen LogP contribution >= 0.6 is 11.6 Å². The number of hydrogen-bond acceptors (Lipinski definition) is 5. The van der Waals surface area contributed by atoms with Crippen LogP contribution in [0.5, 0.6) is 5.75 Å². The van der Waals surface area contributed by atoms with E-state index in [1.54, 1.807) is 12.1 Å². The van der Waals surface area contributed by atoms with Gasteiger partial charge in [0.05, 0.1) is 15.5 Å². The van der Waals surface area contributed by atoms with Crippen molar-refractivity contribution in [2.24, 2.45) is 0 Å². The molecule has 0 aliphatic carbocycles. The monoisotopic (exact) mass is 342 g/mol. The molecule has 1 aromatic heterocycles. The van der Waals surface area contributed by atoms with Crippen LogP contribution in [0.3, 0.4) is 0 Å². The number of nitro benzene ring substituents is 1. The highest BCUT2D eigenvalue weighted by molar-refractivity contribution is 6.33. The average Bonchev–Trinajstić information content (AvgIpc) is 2.55. The van der Waals surface area contributed by atoms with E-state index in [9.17, 15) is 14.9 Å². The van der Waals surface area contributed by atoms with Crippen molar-refractivity contribution in [3.05, 3.63) is 74.9 Å². The molecule has 3 rings (SSSR count). The zero-order valence-corrected chi connectivity index (χ0v) is 13.3. The third-order valence-electron chi connectivity index (χ3n) is 3.41. The molecule has 0 saturated heterocycles. The summed E-state index contributed by atoms with van der Waals surface area (Å²) in [6.45, 7) is 1.83. The van der Waals surface area contributed by atoms with Gasteiger partial charge in [0.15, 0.2) is 5.75 Å². The summed E-state index contributed by atoms with van der Waals surface area (Å²) in [6, 6.07) is 12.5. The van der Waals surface area contributed by atoms with Crippen molar-refractivity contribution in [3.8, 4) is 5.75 Å². The van der Waals surface area contributed by atoms with Crippen LogP contribution in [0.2, 0.25) is 5.02 Å². The molecule has 0 radical (unpaired) electrons. The number of nitrogens with zero attached hydrogens (tertiary/aromatic N) is 2. The van der Waals surface area contributed by atoms with Gasteiger partial charge in [0.25, 0.3) is 5.69 Å². The lowest BCUT2D eigenvalue weighted by atomic mass is 10.2. The Bertz CT molecular complexity index is 972. The predicted octanol–water partition coefficient (Wildman–Crippen LogP) is 4.32. The predicted molar refractivity (Wildman–Crippen MR) is 89.5 cm³/mol. The van der Waals surface area contributed by atoms with Crippen molar-refractivity contribution in [1.29, 1.82) is 0 Å². The molecular formula is C17H11ClN2O4. The fourth-order valence-corrected chi connectivity index (χ4v) is 2.43. The molecule has 0 atom stereocenters. The van der Waals surface area contributed by atoms with Crippen LogP contribution in [0.4, 0.5) is 5.69 Å². The highest BCUT2D eigenvalue weighted by Gasteiger charge is 2.19. The Morgan fingerprint density at radius 3 is 2.75 bits per heavy atom. The van der Waals surface area contributed by atoms with E-state index in [0.29, 0.717) is 5.52 Å². The molecule has 0 bridgehead atoms. The van der Waals surface area contributed by atoms with Crippen molar-refractivity contribution in [2.75, 3.05) is 0 Å². The second-order valence-electron chi connectivity index (χ2n) is 5.09. The SMILES string of the molecule is Cc1ccc2cccc(OC(=O)c3cc([N+](=O)[O-])ccc3Cl)c2n1. The summed E-state index contributed by atoms with van der Waals surface area (Å²) in [5.74, 6) is -0.511. The third kappa shape index (κ3) is 3.04. The number of halogens is 1. The van der Waals surface area contributed by atoms with E-state index in [0.717, 1.165) is 17.1 Å². The smallest absolute Gasteiger partial charge is 0.345 e. The fraction of sp³-hybridized carbons (Fsp3) is 0.0588. The number of aryl methyl sites for hydroxylation is 1. The number of para-hydroxylation sites is 1. The van der Waals surface area contributed by atoms with Crippen LogP contribution in [0.15, 0.2) is 48.5 Å². The zero-order chi connectivity index (χ0) is 17.3. The van der Waals surface area contributed by atoms with E-state index in [4.69, 9.17) is 16.3 Å². The van der Waals surface area contributed by atoms with Crippen molar-refractivity contribution in [2.45, 2.75) is 6.92 Å². The Morgan fingerprint density at radius 1 is 1.21 bits per heavy atom. The summed E-state index contributed by atoms with van der Waals surface area (Å²) >= 11 is 5.97. The first-order chi connectivity index (χ1) is 11.5. The molecule has 7 heteroatoms. The van der Waals surface area contributed by atoms with Crippen molar-refractivity contribution in [1.82, 2.24) is 4.98 Å². The number of non-ortho nitro benzene ring substituents is 1. The summed E-state index contributed by atoms with van der Waals surface area (Å²) in [4.78, 5) is 27.0. The van der Waals surface area contributed by atoms with E-state index >= 15 is 0 Å². The van der Waals surface area contributed by atoms with Gasteiger partial charge in [-0.05, 0) is 25.1 Å². The van der Waals surface area contributed by atoms with Gasteiger partial charge in [-0.2, -0.15) is 0 Å². The minimum atomic E-state index is -0.778. The van der Waals surface area contributed by atoms with E-state index in [1.807, 2.05) is 25.1 Å². The third-order valence-corrected chi connectivity index (χ3v) is 3.74. The van der Waals surface area contributed by atoms with Gasteiger partial charge >= 0.3 is 5.97 Å². The Kier molecular flexibility index (Phi) is 4.14. The number of benzene rings is 2. The highest BCUT2D eigenvalue weighted by atomic mass is 35.5. The van der Waals surface area contributed by atoms with Gasteiger partial charge in [-0.3, -0.25) is 10.1 Å². The number of ether oxygens (including phenoxy) is 1. The molecular weight excluding hydrogens is 332 g/mol. The number of esters is 1. The molecule has 0 spiro atoms. The molecule has 1 heterocycles. The van der Waals surface area contributed by atoms with Crippen molar-refractivity contribution in [3.63, 3.8) is 0 Å². The van der Waals surface area contributed by atoms with Gasteiger partial charge in [0.2, 0.25) is 0 Å². The van der Waals surface area contributed by atoms with Crippen LogP contribution < -0.4 is 4.74 Å². The Hall–Kier alpha value is -2.99. The van der Waals surface area contributed by atoms with E-state index < -0.39 is 10.9 Å². The number of pyridine rings is 1. The molecule has 24 heavy (non-hydrogen) atoms. The normalized spacial score (nSPS) is 10.6. The van der Waals surface area contributed by atoms with Crippen LogP contribution in [0.1, 0.15) is 16.1 Å². The summed E-state index contributed by atoms with van der Waals surface area (Å²) in [5.41, 5.74) is 1.00. The Morgan fingerprint density at radius 2 is 2.00 bits per heavy atom. The summed E-state index contributed by atoms with van der Waals surface area (Å²) < 4.78 is 5.38. The number of rotatable bonds is 3. The molecule has 0 unspecified atom stereocenters. The molecule has 3 aromatic rings. The van der Waals surface area contributed by atoms with Gasteiger partial charge < -0.3 is 4.74 Å². The minimum Gasteiger partial charge on any atom is -0.421 e. The number of nitro groups is 1. The molecule has 0 saturated carbocycles. The molecule has 0 fully saturated rings. The standard InChI is InChI=1S/C17H11ClN2O4/c1-10-5-6-11-3-2-4-15(16(11)19-10)24-17(21)13-9-12(20(22)23)7-8-14(13)18/h2-9H,1H3. The number of fused-ring (bicyclic) bond motifs is 1. The lowest BCUT2D eigenvalue weighted by Crippen LogP contribution is -2.10. The summed E-state index contributed by atoms with van der Waals surface area (Å²) in [7, 11) is 0. The minimum absolute atomic E-state index is 0.0736. The Labute approximate surface area is 141 Å². The quantitative estimate of drug-likeness (QED) is 0.306. The lowest BCUT2D eigenvalue weighted by molar-refractivity contribution is -0.384. The molecule has 2 aromatic carbocycles. The number of carbonyl (C=O) groups excluding carboxylic acids is 1. The number of hydrogen-bond donors (Lipinski definition) is 0. The second-order valence-corrected chi connectivity index (χ2v) is 5.50. The van der Waals surface area contributed by atoms with Crippen LogP contribution in [0.25, 0.3) is 10.9 Å². The first kappa shape index (κ1) is 15.9. The summed E-state index contributed by atoms with van der Waals surface area (Å²) in [5, 5.41) is 11.8. The molecule has 120 valence electrons. The van der Waals surface area contributed by atoms with Crippen molar-refractivity contribution >= 4 is 34.2 Å². The topological polar surface area (TPSA) is 82.3 Å². The molecule has 0 amide bonds. The average molecular weight is 343 g/mol. The second kappa shape index (κ2) is 6.25. The molecule has 0 aliphatic rings. The highest BCUT2D eigenvalue weighted by Crippen LogP contribution is 2.27. The number of carbonyl (C=O) groups is 1. The first-order valence-electron chi connectivity index (χ1n) is 6.98. The maximum atomic E-state index is 12.4. The summed E-state index contributed by atoms with van der Waals surface area (Å²) in [6.07, 6.45) is 0. The number of aromatic nitrogens is 1. The van der Waals surface area contributed by atoms with Gasteiger partial charge in [-0.15, -0.1) is 0 Å². The lowest BCUT2D eigenvalue weighted by Gasteiger charge is -2.08. The van der Waals surface area contributed by atoms with Gasteiger partial charge in [-0.25, -0.2) is 9.78 Å². The van der Waals surface area contributed by atoms with Gasteiger partial charge in [0, 0.05) is 23.2 Å². The van der Waals surface area contributed by atoms with E-state index in [-0.39, 0.29) is 22.0 Å². The maximum Gasteiger partial charge on any atom is 0.345 e. The largest absolute Gasteiger partial charge is 0.421 e. The first-order valence-corrected chi connectivity index (χ1v) is 7.36. The molecule has 0 aliphatic heterocycles. The van der Waals surface area contributed by atoms with Crippen molar-refractivity contribution < 1.29 is 14.5 Å². The van der Waals surface area contributed by atoms with Gasteiger partial charge in [0.1, 0.15) is 5.52 Å². The molecule has 0 N–H and O–H groups in total. The maximum absolute atomic E-state index is 12.4. The van der Waals surface area contributed by atoms with Gasteiger partial charge in [-0.1, -0.05) is 29.8 Å². The van der Waals surface area contributed by atoms with Crippen LogP contribution in [-0.4, -0.2) is 15.9 Å². The zero-order valence-electron chi connectivity index (χ0n) is 12.5. The Balaban J connectivity index is 2.00. The van der Waals surface area contributed by atoms with Crippen LogP contribution in [-0.2, 0) is 0 Å². The van der Waals surface area contributed by atoms with E-state index in [1.165, 1.54) is 12.1 Å². The fourth-order valence-electron chi connectivity index (χ4n) is 2.24.